The fourth-order valence-corrected chi connectivity index (χ4v) is 2.50. The van der Waals surface area contributed by atoms with Crippen molar-refractivity contribution in [3.8, 4) is 11.5 Å². The van der Waals surface area contributed by atoms with Crippen molar-refractivity contribution in [3.05, 3.63) is 54.1 Å². The quantitative estimate of drug-likeness (QED) is 0.616. The number of hydrogen-bond donors (Lipinski definition) is 3. The van der Waals surface area contributed by atoms with Crippen LogP contribution in [-0.4, -0.2) is 31.2 Å². The molecule has 0 saturated carbocycles. The van der Waals surface area contributed by atoms with Crippen LogP contribution < -0.4 is 25.4 Å². The van der Waals surface area contributed by atoms with Gasteiger partial charge in [-0.05, 0) is 38.5 Å². The van der Waals surface area contributed by atoms with Gasteiger partial charge < -0.3 is 20.1 Å². The van der Waals surface area contributed by atoms with E-state index in [1.807, 2.05) is 44.2 Å². The Morgan fingerprint density at radius 3 is 2.39 bits per heavy atom. The van der Waals surface area contributed by atoms with E-state index in [4.69, 9.17) is 9.47 Å². The zero-order valence-corrected chi connectivity index (χ0v) is 16.5. The van der Waals surface area contributed by atoms with E-state index in [2.05, 4.69) is 16.0 Å². The Hall–Kier alpha value is -3.22. The van der Waals surface area contributed by atoms with Gasteiger partial charge in [0.2, 0.25) is 5.91 Å². The highest BCUT2D eigenvalue weighted by atomic mass is 16.5. The number of ether oxygens (including phenoxy) is 2. The third kappa shape index (κ3) is 6.50. The minimum atomic E-state index is -0.654. The summed E-state index contributed by atoms with van der Waals surface area (Å²) in [4.78, 5) is 24.3. The van der Waals surface area contributed by atoms with Gasteiger partial charge in [-0.1, -0.05) is 30.3 Å². The monoisotopic (exact) mass is 385 g/mol. The summed E-state index contributed by atoms with van der Waals surface area (Å²) in [5.41, 5.74) is 1.57. The largest absolute Gasteiger partial charge is 0.494 e. The van der Waals surface area contributed by atoms with E-state index in [1.165, 1.54) is 0 Å². The first-order valence-electron chi connectivity index (χ1n) is 9.32. The van der Waals surface area contributed by atoms with Crippen molar-refractivity contribution in [1.29, 1.82) is 0 Å². The molecule has 3 amide bonds. The normalized spacial score (nSPS) is 11.2. The molecule has 7 heteroatoms. The number of carbonyl (C=O) groups is 2. The fourth-order valence-electron chi connectivity index (χ4n) is 2.50. The number of urea groups is 1. The highest BCUT2D eigenvalue weighted by Gasteiger charge is 2.17. The van der Waals surface area contributed by atoms with E-state index in [-0.39, 0.29) is 0 Å². The molecule has 150 valence electrons. The van der Waals surface area contributed by atoms with Gasteiger partial charge in [0.1, 0.15) is 17.5 Å². The smallest absolute Gasteiger partial charge is 0.321 e. The second-order valence-corrected chi connectivity index (χ2v) is 6.05. The minimum absolute atomic E-state index is 0.340. The molecule has 0 fully saturated rings. The van der Waals surface area contributed by atoms with E-state index in [1.54, 1.807) is 25.1 Å². The summed E-state index contributed by atoms with van der Waals surface area (Å²) in [6, 6.07) is 13.6. The molecule has 0 aromatic heterocycles. The van der Waals surface area contributed by atoms with Crippen LogP contribution in [0, 0.1) is 0 Å². The van der Waals surface area contributed by atoms with E-state index in [0.717, 1.165) is 5.56 Å². The molecule has 2 aromatic rings. The maximum Gasteiger partial charge on any atom is 0.321 e. The zero-order chi connectivity index (χ0) is 20.4. The van der Waals surface area contributed by atoms with Gasteiger partial charge in [0, 0.05) is 12.6 Å². The summed E-state index contributed by atoms with van der Waals surface area (Å²) in [5, 5.41) is 8.08. The van der Waals surface area contributed by atoms with Crippen LogP contribution in [0.2, 0.25) is 0 Å². The van der Waals surface area contributed by atoms with Crippen LogP contribution in [0.25, 0.3) is 0 Å². The van der Waals surface area contributed by atoms with Crippen molar-refractivity contribution < 1.29 is 19.1 Å². The SMILES string of the molecule is CCOc1ccc(OCC)c(NC(C)C(=O)NC(=O)NCc2ccccc2)c1. The number of amides is 3. The van der Waals surface area contributed by atoms with E-state index < -0.39 is 18.0 Å². The summed E-state index contributed by atoms with van der Waals surface area (Å²) >= 11 is 0. The van der Waals surface area contributed by atoms with E-state index >= 15 is 0 Å². The third-order valence-corrected chi connectivity index (χ3v) is 3.86. The molecule has 0 spiro atoms. The number of imide groups is 1. The molecular formula is C21H27N3O4. The van der Waals surface area contributed by atoms with Crippen LogP contribution >= 0.6 is 0 Å². The van der Waals surface area contributed by atoms with Crippen LogP contribution in [0.4, 0.5) is 10.5 Å². The molecule has 28 heavy (non-hydrogen) atoms. The van der Waals surface area contributed by atoms with Crippen LogP contribution in [0.1, 0.15) is 26.3 Å². The van der Waals surface area contributed by atoms with Gasteiger partial charge in [0.05, 0.1) is 18.9 Å². The first-order chi connectivity index (χ1) is 13.5. The molecule has 0 radical (unpaired) electrons. The highest BCUT2D eigenvalue weighted by Crippen LogP contribution is 2.30. The maximum absolute atomic E-state index is 12.3. The first kappa shape index (κ1) is 21.1. The molecule has 0 bridgehead atoms. The lowest BCUT2D eigenvalue weighted by atomic mass is 10.2. The van der Waals surface area contributed by atoms with Crippen LogP contribution in [0.15, 0.2) is 48.5 Å². The zero-order valence-electron chi connectivity index (χ0n) is 16.5. The molecule has 3 N–H and O–H groups in total. The van der Waals surface area contributed by atoms with Gasteiger partial charge in [-0.2, -0.15) is 0 Å². The van der Waals surface area contributed by atoms with Crippen molar-refractivity contribution in [2.75, 3.05) is 18.5 Å². The number of anilines is 1. The summed E-state index contributed by atoms with van der Waals surface area (Å²) in [5.74, 6) is 0.829. The Labute approximate surface area is 165 Å². The number of carbonyl (C=O) groups excluding carboxylic acids is 2. The Bertz CT molecular complexity index is 780. The van der Waals surface area contributed by atoms with Gasteiger partial charge in [0.15, 0.2) is 0 Å². The Balaban J connectivity index is 1.93. The van der Waals surface area contributed by atoms with Crippen molar-refractivity contribution in [3.63, 3.8) is 0 Å². The Kier molecular flexibility index (Phi) is 8.14. The number of hydrogen-bond acceptors (Lipinski definition) is 5. The summed E-state index contributed by atoms with van der Waals surface area (Å²) in [7, 11) is 0. The Morgan fingerprint density at radius 2 is 1.71 bits per heavy atom. The fraction of sp³-hybridized carbons (Fsp3) is 0.333. The van der Waals surface area contributed by atoms with Crippen molar-refractivity contribution in [2.24, 2.45) is 0 Å². The predicted octanol–water partition coefficient (Wildman–Crippen LogP) is 3.31. The molecule has 0 aliphatic rings. The van der Waals surface area contributed by atoms with E-state index in [0.29, 0.717) is 36.9 Å². The lowest BCUT2D eigenvalue weighted by molar-refractivity contribution is -0.120. The molecule has 0 saturated heterocycles. The summed E-state index contributed by atoms with van der Waals surface area (Å²) in [6.07, 6.45) is 0. The van der Waals surface area contributed by atoms with Crippen molar-refractivity contribution in [1.82, 2.24) is 10.6 Å². The average Bonchev–Trinajstić information content (AvgIpc) is 2.69. The maximum atomic E-state index is 12.3. The van der Waals surface area contributed by atoms with Crippen LogP contribution in [0.5, 0.6) is 11.5 Å². The third-order valence-electron chi connectivity index (χ3n) is 3.86. The molecule has 2 aromatic carbocycles. The molecule has 1 unspecified atom stereocenters. The predicted molar refractivity (Wildman–Crippen MR) is 109 cm³/mol. The minimum Gasteiger partial charge on any atom is -0.494 e. The van der Waals surface area contributed by atoms with Crippen LogP contribution in [0.3, 0.4) is 0 Å². The first-order valence-corrected chi connectivity index (χ1v) is 9.32. The van der Waals surface area contributed by atoms with Gasteiger partial charge in [-0.25, -0.2) is 4.79 Å². The molecule has 0 heterocycles. The average molecular weight is 385 g/mol. The van der Waals surface area contributed by atoms with Gasteiger partial charge in [0.25, 0.3) is 0 Å². The second-order valence-electron chi connectivity index (χ2n) is 6.05. The number of rotatable bonds is 9. The van der Waals surface area contributed by atoms with Gasteiger partial charge >= 0.3 is 6.03 Å². The highest BCUT2D eigenvalue weighted by molar-refractivity contribution is 5.98. The Morgan fingerprint density at radius 1 is 1.00 bits per heavy atom. The molecule has 7 nitrogen and oxygen atoms in total. The molecule has 0 aliphatic carbocycles. The van der Waals surface area contributed by atoms with Crippen molar-refractivity contribution >= 4 is 17.6 Å². The molecule has 1 atom stereocenters. The van der Waals surface area contributed by atoms with Crippen LogP contribution in [-0.2, 0) is 11.3 Å². The molecule has 0 aliphatic heterocycles. The van der Waals surface area contributed by atoms with Gasteiger partial charge in [-0.15, -0.1) is 0 Å². The second kappa shape index (κ2) is 10.8. The van der Waals surface area contributed by atoms with E-state index in [9.17, 15) is 9.59 Å². The van der Waals surface area contributed by atoms with Gasteiger partial charge in [-0.3, -0.25) is 10.1 Å². The van der Waals surface area contributed by atoms with Crippen molar-refractivity contribution in [2.45, 2.75) is 33.4 Å². The number of nitrogens with one attached hydrogen (secondary N) is 3. The lowest BCUT2D eigenvalue weighted by Gasteiger charge is -2.18. The molecule has 2 rings (SSSR count). The summed E-state index contributed by atoms with van der Waals surface area (Å²) in [6.45, 7) is 6.81. The molecular weight excluding hydrogens is 358 g/mol. The lowest BCUT2D eigenvalue weighted by Crippen LogP contribution is -2.45. The standard InChI is InChI=1S/C21H27N3O4/c1-4-27-17-11-12-19(28-5-2)18(13-17)23-15(3)20(25)24-21(26)22-14-16-9-7-6-8-10-16/h6-13,15,23H,4-5,14H2,1-3H3,(H2,22,24,25,26). The number of benzene rings is 2. The summed E-state index contributed by atoms with van der Waals surface area (Å²) < 4.78 is 11.1. The topological polar surface area (TPSA) is 88.7 Å².